The Labute approximate surface area is 133 Å². The second-order valence-electron chi connectivity index (χ2n) is 6.60. The Bertz CT molecular complexity index is 586. The third-order valence-corrected chi connectivity index (χ3v) is 5.40. The first-order chi connectivity index (χ1) is 10.3. The third-order valence-electron chi connectivity index (χ3n) is 4.11. The fraction of sp³-hybridized carbons (Fsp3) is 0.625. The Morgan fingerprint density at radius 1 is 1.32 bits per heavy atom. The molecular weight excluding hydrogens is 300 g/mol. The highest BCUT2D eigenvalue weighted by Gasteiger charge is 2.32. The van der Waals surface area contributed by atoms with Crippen molar-refractivity contribution in [3.8, 4) is 5.75 Å². The molecule has 1 aromatic rings. The highest BCUT2D eigenvalue weighted by atomic mass is 32.2. The number of nitrogens with zero attached hydrogens (tertiary/aromatic N) is 1. The average molecular weight is 326 g/mol. The Morgan fingerprint density at radius 3 is 2.59 bits per heavy atom. The van der Waals surface area contributed by atoms with E-state index in [-0.39, 0.29) is 17.8 Å². The molecule has 6 heteroatoms. The number of sulfonamides is 1. The predicted octanol–water partition coefficient (Wildman–Crippen LogP) is 1.64. The molecule has 1 aliphatic heterocycles. The molecule has 0 aliphatic carbocycles. The van der Waals surface area contributed by atoms with E-state index in [4.69, 9.17) is 4.74 Å². The summed E-state index contributed by atoms with van der Waals surface area (Å²) in [6.45, 7) is 6.73. The minimum absolute atomic E-state index is 0.0210. The molecule has 0 spiro atoms. The van der Waals surface area contributed by atoms with Gasteiger partial charge in [0.25, 0.3) is 0 Å². The van der Waals surface area contributed by atoms with Crippen molar-refractivity contribution < 1.29 is 13.2 Å². The first-order valence-corrected chi connectivity index (χ1v) is 9.29. The lowest BCUT2D eigenvalue weighted by Crippen LogP contribution is -2.39. The summed E-state index contributed by atoms with van der Waals surface area (Å²) in [5.41, 5.74) is 1.18. The summed E-state index contributed by atoms with van der Waals surface area (Å²) in [5, 5.41) is 0. The summed E-state index contributed by atoms with van der Waals surface area (Å²) in [6.07, 6.45) is 1.02. The maximum absolute atomic E-state index is 12.1. The van der Waals surface area contributed by atoms with E-state index in [2.05, 4.69) is 23.6 Å². The predicted molar refractivity (Wildman–Crippen MR) is 88.7 cm³/mol. The van der Waals surface area contributed by atoms with Crippen LogP contribution in [0.3, 0.4) is 0 Å². The van der Waals surface area contributed by atoms with Gasteiger partial charge in [-0.15, -0.1) is 0 Å². The van der Waals surface area contributed by atoms with Crippen molar-refractivity contribution in [1.82, 2.24) is 9.62 Å². The van der Waals surface area contributed by atoms with Crippen LogP contribution in [0.15, 0.2) is 24.3 Å². The summed E-state index contributed by atoms with van der Waals surface area (Å²) in [5.74, 6) is 0.678. The van der Waals surface area contributed by atoms with Crippen molar-refractivity contribution >= 4 is 10.0 Å². The van der Waals surface area contributed by atoms with Crippen molar-refractivity contribution in [3.63, 3.8) is 0 Å². The standard InChI is InChI=1S/C16H26N2O3S/c1-14-4-6-15(7-5-14)21-10-11-22(19,20)17-12-16(2)8-9-18(3)13-16/h4-7,17H,8-13H2,1-3H3/t16-/m1/s1. The minimum atomic E-state index is -3.30. The van der Waals surface area contributed by atoms with E-state index < -0.39 is 10.0 Å². The molecule has 1 atom stereocenters. The summed E-state index contributed by atoms with van der Waals surface area (Å²) in [7, 11) is -1.23. The zero-order chi connectivity index (χ0) is 16.2. The second-order valence-corrected chi connectivity index (χ2v) is 8.53. The van der Waals surface area contributed by atoms with Gasteiger partial charge in [0.15, 0.2) is 0 Å². The molecule has 1 aliphatic rings. The smallest absolute Gasteiger partial charge is 0.214 e. The monoisotopic (exact) mass is 326 g/mol. The first-order valence-electron chi connectivity index (χ1n) is 7.63. The maximum atomic E-state index is 12.1. The topological polar surface area (TPSA) is 58.6 Å². The summed E-state index contributed by atoms with van der Waals surface area (Å²) in [4.78, 5) is 2.23. The minimum Gasteiger partial charge on any atom is -0.492 e. The quantitative estimate of drug-likeness (QED) is 0.827. The number of nitrogens with one attached hydrogen (secondary N) is 1. The Balaban J connectivity index is 1.75. The molecule has 124 valence electrons. The van der Waals surface area contributed by atoms with Crippen LogP contribution in [0.4, 0.5) is 0 Å². The highest BCUT2D eigenvalue weighted by molar-refractivity contribution is 7.89. The molecule has 1 heterocycles. The average Bonchev–Trinajstić information content (AvgIpc) is 2.79. The van der Waals surface area contributed by atoms with Gasteiger partial charge in [-0.3, -0.25) is 0 Å². The second kappa shape index (κ2) is 6.98. The van der Waals surface area contributed by atoms with E-state index >= 15 is 0 Å². The van der Waals surface area contributed by atoms with Gasteiger partial charge in [0.05, 0.1) is 5.75 Å². The van der Waals surface area contributed by atoms with Crippen LogP contribution >= 0.6 is 0 Å². The Hall–Kier alpha value is -1.11. The molecule has 0 amide bonds. The highest BCUT2D eigenvalue weighted by Crippen LogP contribution is 2.28. The van der Waals surface area contributed by atoms with Crippen LogP contribution in [-0.4, -0.2) is 52.4 Å². The molecule has 22 heavy (non-hydrogen) atoms. The van der Waals surface area contributed by atoms with Crippen molar-refractivity contribution in [2.75, 3.05) is 39.0 Å². The first kappa shape index (κ1) is 17.2. The van der Waals surface area contributed by atoms with Gasteiger partial charge in [0.2, 0.25) is 10.0 Å². The summed E-state index contributed by atoms with van der Waals surface area (Å²) >= 11 is 0. The van der Waals surface area contributed by atoms with Crippen LogP contribution in [-0.2, 0) is 10.0 Å². The van der Waals surface area contributed by atoms with Gasteiger partial charge < -0.3 is 9.64 Å². The molecular formula is C16H26N2O3S. The number of aryl methyl sites for hydroxylation is 1. The molecule has 0 saturated carbocycles. The zero-order valence-corrected chi connectivity index (χ0v) is 14.4. The van der Waals surface area contributed by atoms with E-state index in [0.29, 0.717) is 12.3 Å². The van der Waals surface area contributed by atoms with Gasteiger partial charge in [0.1, 0.15) is 12.4 Å². The molecule has 0 unspecified atom stereocenters. The number of hydrogen-bond donors (Lipinski definition) is 1. The third kappa shape index (κ3) is 5.26. The van der Waals surface area contributed by atoms with E-state index in [1.54, 1.807) is 0 Å². The lowest BCUT2D eigenvalue weighted by molar-refractivity contribution is 0.308. The van der Waals surface area contributed by atoms with E-state index in [9.17, 15) is 8.42 Å². The lowest BCUT2D eigenvalue weighted by atomic mass is 9.90. The van der Waals surface area contributed by atoms with E-state index in [1.165, 1.54) is 0 Å². The van der Waals surface area contributed by atoms with Crippen LogP contribution in [0.2, 0.25) is 0 Å². The molecule has 1 fully saturated rings. The molecule has 2 rings (SSSR count). The van der Waals surface area contributed by atoms with Crippen LogP contribution < -0.4 is 9.46 Å². The number of benzene rings is 1. The van der Waals surface area contributed by atoms with Crippen LogP contribution in [0.25, 0.3) is 0 Å². The van der Waals surface area contributed by atoms with Gasteiger partial charge in [-0.2, -0.15) is 0 Å². The number of rotatable bonds is 7. The van der Waals surface area contributed by atoms with Crippen molar-refractivity contribution in [2.24, 2.45) is 5.41 Å². The molecule has 0 bridgehead atoms. The van der Waals surface area contributed by atoms with Crippen LogP contribution in [0.1, 0.15) is 18.9 Å². The van der Waals surface area contributed by atoms with Gasteiger partial charge in [0, 0.05) is 13.1 Å². The summed E-state index contributed by atoms with van der Waals surface area (Å²) < 4.78 is 32.3. The normalized spacial score (nSPS) is 22.9. The molecule has 1 aromatic carbocycles. The molecule has 1 saturated heterocycles. The largest absolute Gasteiger partial charge is 0.492 e. The molecule has 0 radical (unpaired) electrons. The van der Waals surface area contributed by atoms with E-state index in [1.807, 2.05) is 31.2 Å². The summed E-state index contributed by atoms with van der Waals surface area (Å²) in [6, 6.07) is 7.59. The molecule has 5 nitrogen and oxygen atoms in total. The fourth-order valence-corrected chi connectivity index (χ4v) is 3.69. The van der Waals surface area contributed by atoms with Gasteiger partial charge in [-0.1, -0.05) is 24.6 Å². The van der Waals surface area contributed by atoms with Crippen molar-refractivity contribution in [3.05, 3.63) is 29.8 Å². The van der Waals surface area contributed by atoms with Crippen molar-refractivity contribution in [1.29, 1.82) is 0 Å². The zero-order valence-electron chi connectivity index (χ0n) is 13.6. The van der Waals surface area contributed by atoms with Gasteiger partial charge in [-0.25, -0.2) is 13.1 Å². The number of hydrogen-bond acceptors (Lipinski definition) is 4. The lowest BCUT2D eigenvalue weighted by Gasteiger charge is -2.24. The van der Waals surface area contributed by atoms with E-state index in [0.717, 1.165) is 25.1 Å². The van der Waals surface area contributed by atoms with Gasteiger partial charge >= 0.3 is 0 Å². The van der Waals surface area contributed by atoms with Crippen molar-refractivity contribution in [2.45, 2.75) is 20.3 Å². The maximum Gasteiger partial charge on any atom is 0.214 e. The Kier molecular flexibility index (Phi) is 5.47. The Morgan fingerprint density at radius 2 is 2.00 bits per heavy atom. The fourth-order valence-electron chi connectivity index (χ4n) is 2.67. The number of ether oxygens (including phenoxy) is 1. The molecule has 1 N–H and O–H groups in total. The molecule has 0 aromatic heterocycles. The van der Waals surface area contributed by atoms with Crippen LogP contribution in [0, 0.1) is 12.3 Å². The van der Waals surface area contributed by atoms with Gasteiger partial charge in [-0.05, 0) is 44.5 Å². The SMILES string of the molecule is Cc1ccc(OCCS(=O)(=O)NC[C@@]2(C)CCN(C)C2)cc1. The van der Waals surface area contributed by atoms with Crippen LogP contribution in [0.5, 0.6) is 5.75 Å². The number of likely N-dealkylation sites (tertiary alicyclic amines) is 1.